The van der Waals surface area contributed by atoms with E-state index in [1.165, 1.54) is 6.92 Å². The van der Waals surface area contributed by atoms with E-state index in [4.69, 9.17) is 10.2 Å². The van der Waals surface area contributed by atoms with Crippen molar-refractivity contribution < 1.29 is 29.3 Å². The van der Waals surface area contributed by atoms with E-state index in [2.05, 4.69) is 9.47 Å². The Kier molecular flexibility index (Phi) is 2.35. The van der Waals surface area contributed by atoms with Crippen molar-refractivity contribution in [2.45, 2.75) is 19.0 Å². The zero-order valence-corrected chi connectivity index (χ0v) is 6.76. The van der Waals surface area contributed by atoms with Gasteiger partial charge in [-0.3, -0.25) is 0 Å². The van der Waals surface area contributed by atoms with Gasteiger partial charge in [-0.1, -0.05) is 0 Å². The summed E-state index contributed by atoms with van der Waals surface area (Å²) >= 11 is 0. The van der Waals surface area contributed by atoms with E-state index >= 15 is 0 Å². The maximum atomic E-state index is 10.7. The van der Waals surface area contributed by atoms with E-state index in [1.54, 1.807) is 0 Å². The highest BCUT2D eigenvalue weighted by Crippen LogP contribution is 2.14. The molecule has 6 heteroatoms. The van der Waals surface area contributed by atoms with E-state index in [0.717, 1.165) is 12.2 Å². The van der Waals surface area contributed by atoms with Crippen molar-refractivity contribution in [3.63, 3.8) is 0 Å². The molecule has 0 fully saturated rings. The van der Waals surface area contributed by atoms with Gasteiger partial charge in [-0.15, -0.1) is 0 Å². The van der Waals surface area contributed by atoms with E-state index < -0.39 is 24.0 Å². The van der Waals surface area contributed by atoms with Gasteiger partial charge in [0.05, 0.1) is 0 Å². The quantitative estimate of drug-likeness (QED) is 0.361. The molecule has 1 unspecified atom stereocenters. The monoisotopic (exact) mass is 188 g/mol. The highest BCUT2D eigenvalue weighted by molar-refractivity contribution is 5.92. The number of esters is 2. The van der Waals surface area contributed by atoms with Crippen LogP contribution in [0.25, 0.3) is 0 Å². The van der Waals surface area contributed by atoms with Gasteiger partial charge in [-0.05, 0) is 6.92 Å². The number of aliphatic hydroxyl groups is 2. The van der Waals surface area contributed by atoms with Crippen LogP contribution in [0.4, 0.5) is 0 Å². The van der Waals surface area contributed by atoms with Crippen molar-refractivity contribution in [3.8, 4) is 0 Å². The van der Waals surface area contributed by atoms with Crippen LogP contribution in [-0.4, -0.2) is 34.2 Å². The Hall–Kier alpha value is -1.40. The Labute approximate surface area is 73.4 Å². The van der Waals surface area contributed by atoms with Crippen LogP contribution in [0.5, 0.6) is 0 Å². The van der Waals surface area contributed by atoms with Crippen LogP contribution in [0.15, 0.2) is 12.2 Å². The molecule has 0 spiro atoms. The van der Waals surface area contributed by atoms with Crippen molar-refractivity contribution in [1.29, 1.82) is 0 Å². The van der Waals surface area contributed by atoms with Crippen LogP contribution in [0.3, 0.4) is 0 Å². The van der Waals surface area contributed by atoms with Gasteiger partial charge < -0.3 is 19.7 Å². The molecule has 1 aliphatic heterocycles. The van der Waals surface area contributed by atoms with E-state index in [9.17, 15) is 9.59 Å². The number of cyclic esters (lactones) is 2. The minimum atomic E-state index is -2.78. The third-order valence-corrected chi connectivity index (χ3v) is 1.43. The maximum Gasteiger partial charge on any atom is 0.363 e. The lowest BCUT2D eigenvalue weighted by Crippen LogP contribution is -2.47. The fourth-order valence-electron chi connectivity index (χ4n) is 0.691. The smallest absolute Gasteiger partial charge is 0.363 e. The molecule has 0 radical (unpaired) electrons. The van der Waals surface area contributed by atoms with E-state index in [-0.39, 0.29) is 0 Å². The van der Waals surface area contributed by atoms with Gasteiger partial charge in [0.2, 0.25) is 0 Å². The van der Waals surface area contributed by atoms with Gasteiger partial charge in [-0.2, -0.15) is 0 Å². The van der Waals surface area contributed by atoms with Gasteiger partial charge >= 0.3 is 17.9 Å². The summed E-state index contributed by atoms with van der Waals surface area (Å²) in [7, 11) is 0. The third kappa shape index (κ3) is 2.27. The number of carbonyl (C=O) groups excluding carboxylic acids is 2. The lowest BCUT2D eigenvalue weighted by atomic mass is 10.3. The van der Waals surface area contributed by atoms with Crippen LogP contribution in [0.2, 0.25) is 0 Å². The molecule has 0 aromatic carbocycles. The summed E-state index contributed by atoms with van der Waals surface area (Å²) < 4.78 is 8.60. The van der Waals surface area contributed by atoms with Crippen LogP contribution >= 0.6 is 0 Å². The zero-order chi connectivity index (χ0) is 10.1. The molecule has 0 aromatic rings. The van der Waals surface area contributed by atoms with E-state index in [1.807, 2.05) is 0 Å². The number of ether oxygens (including phenoxy) is 2. The fraction of sp³-hybridized carbons (Fsp3) is 0.429. The molecule has 0 amide bonds. The Morgan fingerprint density at radius 2 is 1.85 bits per heavy atom. The summed E-state index contributed by atoms with van der Waals surface area (Å²) in [6.45, 7) is 1.18. The molecule has 1 aliphatic rings. The lowest BCUT2D eigenvalue weighted by molar-refractivity contribution is -0.354. The van der Waals surface area contributed by atoms with Gasteiger partial charge in [0.15, 0.2) is 6.10 Å². The molecular formula is C7H8O6. The Bertz CT molecular complexity index is 266. The standard InChI is InChI=1S/C7H8O6/c1-4-7(10,11)13-6(9)3-2-5(8)12-4/h2-4,10-11H,1H3/b3-2+. The molecule has 0 aromatic heterocycles. The Morgan fingerprint density at radius 3 is 2.46 bits per heavy atom. The Balaban J connectivity index is 2.90. The molecule has 0 saturated carbocycles. The highest BCUT2D eigenvalue weighted by Gasteiger charge is 2.39. The highest BCUT2D eigenvalue weighted by atomic mass is 16.8. The first-order valence-electron chi connectivity index (χ1n) is 3.48. The molecule has 1 heterocycles. The lowest BCUT2D eigenvalue weighted by Gasteiger charge is -2.27. The van der Waals surface area contributed by atoms with Gasteiger partial charge in [0, 0.05) is 12.2 Å². The van der Waals surface area contributed by atoms with Crippen LogP contribution in [0.1, 0.15) is 6.92 Å². The predicted molar refractivity (Wildman–Crippen MR) is 38.0 cm³/mol. The largest absolute Gasteiger partial charge is 0.449 e. The second kappa shape index (κ2) is 3.15. The first kappa shape index (κ1) is 9.69. The number of hydrogen-bond acceptors (Lipinski definition) is 6. The molecule has 1 rings (SSSR count). The SMILES string of the molecule is CC1OC(=O)/C=C/C(=O)OC1(O)O. The van der Waals surface area contributed by atoms with Crippen LogP contribution < -0.4 is 0 Å². The molecule has 0 bridgehead atoms. The molecule has 13 heavy (non-hydrogen) atoms. The second-order valence-corrected chi connectivity index (χ2v) is 2.49. The molecule has 6 nitrogen and oxygen atoms in total. The summed E-state index contributed by atoms with van der Waals surface area (Å²) in [5.41, 5.74) is 0. The normalized spacial score (nSPS) is 29.6. The number of rotatable bonds is 0. The molecule has 1 atom stereocenters. The molecule has 0 aliphatic carbocycles. The fourth-order valence-corrected chi connectivity index (χ4v) is 0.691. The molecule has 72 valence electrons. The summed E-state index contributed by atoms with van der Waals surface area (Å²) in [4.78, 5) is 21.4. The van der Waals surface area contributed by atoms with Crippen molar-refractivity contribution in [1.82, 2.24) is 0 Å². The first-order valence-corrected chi connectivity index (χ1v) is 3.48. The second-order valence-electron chi connectivity index (χ2n) is 2.49. The first-order chi connectivity index (χ1) is 5.92. The minimum absolute atomic E-state index is 0.745. The molecule has 2 N–H and O–H groups in total. The topological polar surface area (TPSA) is 93.1 Å². The van der Waals surface area contributed by atoms with E-state index in [0.29, 0.717) is 0 Å². The summed E-state index contributed by atoms with van der Waals surface area (Å²) in [6, 6.07) is 0. The minimum Gasteiger partial charge on any atom is -0.449 e. The van der Waals surface area contributed by atoms with Gasteiger partial charge in [-0.25, -0.2) is 9.59 Å². The average molecular weight is 188 g/mol. The Morgan fingerprint density at radius 1 is 1.31 bits per heavy atom. The summed E-state index contributed by atoms with van der Waals surface area (Å²) in [6.07, 6.45) is 0.248. The zero-order valence-electron chi connectivity index (χ0n) is 6.76. The van der Waals surface area contributed by atoms with Gasteiger partial charge in [0.1, 0.15) is 0 Å². The van der Waals surface area contributed by atoms with Crippen molar-refractivity contribution in [3.05, 3.63) is 12.2 Å². The summed E-state index contributed by atoms with van der Waals surface area (Å²) in [5, 5.41) is 18.1. The van der Waals surface area contributed by atoms with Crippen molar-refractivity contribution in [2.75, 3.05) is 0 Å². The molecule has 0 saturated heterocycles. The maximum absolute atomic E-state index is 10.7. The van der Waals surface area contributed by atoms with Crippen LogP contribution in [-0.2, 0) is 19.1 Å². The molecular weight excluding hydrogens is 180 g/mol. The number of hydrogen-bond donors (Lipinski definition) is 2. The van der Waals surface area contributed by atoms with Crippen LogP contribution in [0, 0.1) is 0 Å². The predicted octanol–water partition coefficient (Wildman–Crippen LogP) is -1.33. The van der Waals surface area contributed by atoms with Crippen molar-refractivity contribution >= 4 is 11.9 Å². The number of carbonyl (C=O) groups is 2. The van der Waals surface area contributed by atoms with Crippen molar-refractivity contribution in [2.24, 2.45) is 0 Å². The van der Waals surface area contributed by atoms with Gasteiger partial charge in [0.25, 0.3) is 0 Å². The summed E-state index contributed by atoms with van der Waals surface area (Å²) in [5.74, 6) is -4.64. The average Bonchev–Trinajstić information content (AvgIpc) is 1.98. The third-order valence-electron chi connectivity index (χ3n) is 1.43.